The second-order valence-electron chi connectivity index (χ2n) is 11.8. The monoisotopic (exact) mass is 494 g/mol. The molecule has 0 bridgehead atoms. The number of carbonyl (C=O) groups excluding carboxylic acids is 2. The standard InChI is InChI=1S/C26H39FN2O6/c1-23(2)14-19(25(5,6)28(23)32-9)34-21(30)16-11-12-17(18(27)13-16)22(31)35-20-15-24(3,4)29(33-10)26(20,7)8/h11-13,19-20H,14-15H2,1-10H3. The fraction of sp³-hybridized carbons (Fsp3) is 0.692. The highest BCUT2D eigenvalue weighted by molar-refractivity contribution is 5.93. The Balaban J connectivity index is 1.73. The summed E-state index contributed by atoms with van der Waals surface area (Å²) in [6.45, 7) is 15.7. The number of carbonyl (C=O) groups is 2. The van der Waals surface area contributed by atoms with Crippen LogP contribution in [0.25, 0.3) is 0 Å². The molecule has 8 nitrogen and oxygen atoms in total. The molecule has 2 aliphatic rings. The van der Waals surface area contributed by atoms with Gasteiger partial charge in [0.2, 0.25) is 0 Å². The van der Waals surface area contributed by atoms with Crippen molar-refractivity contribution in [2.75, 3.05) is 14.2 Å². The lowest BCUT2D eigenvalue weighted by molar-refractivity contribution is -0.227. The number of benzene rings is 1. The van der Waals surface area contributed by atoms with Gasteiger partial charge in [-0.05, 0) is 73.6 Å². The fourth-order valence-electron chi connectivity index (χ4n) is 5.93. The van der Waals surface area contributed by atoms with Gasteiger partial charge in [-0.3, -0.25) is 0 Å². The minimum atomic E-state index is -0.840. The SMILES string of the molecule is CON1C(C)(C)CC(OC(=O)c2ccc(C(=O)OC3CC(C)(C)N(OC)C3(C)C)c(F)c2)C1(C)C. The number of rotatable bonds is 6. The van der Waals surface area contributed by atoms with Crippen molar-refractivity contribution in [3.63, 3.8) is 0 Å². The Morgan fingerprint density at radius 1 is 0.800 bits per heavy atom. The van der Waals surface area contributed by atoms with Gasteiger partial charge in [0.05, 0.1) is 36.4 Å². The van der Waals surface area contributed by atoms with Gasteiger partial charge >= 0.3 is 11.9 Å². The summed E-state index contributed by atoms with van der Waals surface area (Å²) in [6.07, 6.45) is 0.107. The van der Waals surface area contributed by atoms with Crippen LogP contribution < -0.4 is 0 Å². The van der Waals surface area contributed by atoms with Crippen LogP contribution in [-0.2, 0) is 19.1 Å². The Kier molecular flexibility index (Phi) is 7.16. The van der Waals surface area contributed by atoms with E-state index in [0.29, 0.717) is 12.8 Å². The minimum absolute atomic E-state index is 0.0245. The molecule has 0 radical (unpaired) electrons. The van der Waals surface area contributed by atoms with Crippen molar-refractivity contribution >= 4 is 11.9 Å². The summed E-state index contributed by atoms with van der Waals surface area (Å²) < 4.78 is 26.4. The summed E-state index contributed by atoms with van der Waals surface area (Å²) in [5, 5.41) is 3.61. The van der Waals surface area contributed by atoms with Crippen molar-refractivity contribution in [3.05, 3.63) is 35.1 Å². The Labute approximate surface area is 207 Å². The first-order valence-corrected chi connectivity index (χ1v) is 11.9. The molecule has 3 rings (SSSR count). The van der Waals surface area contributed by atoms with Crippen LogP contribution in [-0.4, -0.2) is 70.6 Å². The van der Waals surface area contributed by atoms with Crippen molar-refractivity contribution in [2.45, 2.75) is 103 Å². The first-order chi connectivity index (χ1) is 16.0. The van der Waals surface area contributed by atoms with E-state index < -0.39 is 41.0 Å². The molecular formula is C26H39FN2O6. The predicted octanol–water partition coefficient (Wildman–Crippen LogP) is 4.53. The van der Waals surface area contributed by atoms with Crippen LogP contribution in [0.15, 0.2) is 18.2 Å². The molecule has 35 heavy (non-hydrogen) atoms. The van der Waals surface area contributed by atoms with Crippen LogP contribution in [0, 0.1) is 5.82 Å². The maximum Gasteiger partial charge on any atom is 0.341 e. The van der Waals surface area contributed by atoms with Gasteiger partial charge in [-0.15, -0.1) is 0 Å². The van der Waals surface area contributed by atoms with E-state index in [9.17, 15) is 14.0 Å². The maximum absolute atomic E-state index is 15.0. The summed E-state index contributed by atoms with van der Waals surface area (Å²) >= 11 is 0. The second kappa shape index (κ2) is 9.10. The first kappa shape index (κ1) is 27.5. The van der Waals surface area contributed by atoms with Crippen molar-refractivity contribution in [1.82, 2.24) is 10.1 Å². The molecule has 1 aromatic rings. The van der Waals surface area contributed by atoms with E-state index in [1.54, 1.807) is 19.3 Å². The fourth-order valence-corrected chi connectivity index (χ4v) is 5.93. The third kappa shape index (κ3) is 4.83. The van der Waals surface area contributed by atoms with E-state index in [1.807, 2.05) is 60.5 Å². The van der Waals surface area contributed by atoms with Crippen LogP contribution in [0.5, 0.6) is 0 Å². The number of hydrogen-bond donors (Lipinski definition) is 0. The molecule has 2 heterocycles. The first-order valence-electron chi connectivity index (χ1n) is 11.9. The third-order valence-electron chi connectivity index (χ3n) is 7.38. The largest absolute Gasteiger partial charge is 0.457 e. The lowest BCUT2D eigenvalue weighted by Crippen LogP contribution is -2.50. The smallest absolute Gasteiger partial charge is 0.341 e. The lowest BCUT2D eigenvalue weighted by Gasteiger charge is -2.38. The number of nitrogens with zero attached hydrogens (tertiary/aromatic N) is 2. The van der Waals surface area contributed by atoms with E-state index in [0.717, 1.165) is 6.07 Å². The second-order valence-corrected chi connectivity index (χ2v) is 11.8. The zero-order valence-corrected chi connectivity index (χ0v) is 22.5. The molecule has 0 saturated carbocycles. The number of ether oxygens (including phenoxy) is 2. The Morgan fingerprint density at radius 2 is 1.23 bits per heavy atom. The topological polar surface area (TPSA) is 77.5 Å². The molecule has 0 N–H and O–H groups in total. The highest BCUT2D eigenvalue weighted by Crippen LogP contribution is 2.43. The van der Waals surface area contributed by atoms with Gasteiger partial charge < -0.3 is 19.1 Å². The molecule has 1 aromatic carbocycles. The molecule has 9 heteroatoms. The summed E-state index contributed by atoms with van der Waals surface area (Å²) in [7, 11) is 3.16. The summed E-state index contributed by atoms with van der Waals surface area (Å²) in [4.78, 5) is 36.8. The van der Waals surface area contributed by atoms with Crippen LogP contribution >= 0.6 is 0 Å². The number of hydrogen-bond acceptors (Lipinski definition) is 8. The van der Waals surface area contributed by atoms with Crippen molar-refractivity contribution in [1.29, 1.82) is 0 Å². The van der Waals surface area contributed by atoms with Crippen molar-refractivity contribution in [3.8, 4) is 0 Å². The molecule has 0 aliphatic carbocycles. The Bertz CT molecular complexity index is 990. The molecule has 2 unspecified atom stereocenters. The van der Waals surface area contributed by atoms with E-state index in [2.05, 4.69) is 0 Å². The molecule has 2 fully saturated rings. The zero-order chi connectivity index (χ0) is 26.6. The molecule has 2 atom stereocenters. The Morgan fingerprint density at radius 3 is 1.60 bits per heavy atom. The normalized spacial score (nSPS) is 27.1. The summed E-state index contributed by atoms with van der Waals surface area (Å²) in [5.41, 5.74) is -2.10. The van der Waals surface area contributed by atoms with Gasteiger partial charge in [-0.1, -0.05) is 0 Å². The average molecular weight is 495 g/mol. The lowest BCUT2D eigenvalue weighted by atomic mass is 9.97. The van der Waals surface area contributed by atoms with Crippen LogP contribution in [0.3, 0.4) is 0 Å². The number of esters is 2. The van der Waals surface area contributed by atoms with Gasteiger partial charge in [0.25, 0.3) is 0 Å². The zero-order valence-electron chi connectivity index (χ0n) is 22.5. The molecule has 0 amide bonds. The van der Waals surface area contributed by atoms with Crippen molar-refractivity contribution in [2.24, 2.45) is 0 Å². The molecule has 2 saturated heterocycles. The van der Waals surface area contributed by atoms with E-state index in [-0.39, 0.29) is 22.2 Å². The molecule has 0 spiro atoms. The predicted molar refractivity (Wildman–Crippen MR) is 128 cm³/mol. The average Bonchev–Trinajstić information content (AvgIpc) is 3.00. The highest BCUT2D eigenvalue weighted by atomic mass is 19.1. The number of hydroxylamine groups is 4. The van der Waals surface area contributed by atoms with E-state index in [4.69, 9.17) is 19.1 Å². The van der Waals surface area contributed by atoms with Gasteiger partial charge in [0, 0.05) is 23.9 Å². The van der Waals surface area contributed by atoms with E-state index in [1.165, 1.54) is 12.1 Å². The Hall–Kier alpha value is -2.07. The van der Waals surface area contributed by atoms with E-state index >= 15 is 0 Å². The highest BCUT2D eigenvalue weighted by Gasteiger charge is 2.55. The number of halogens is 1. The van der Waals surface area contributed by atoms with Crippen molar-refractivity contribution < 1.29 is 33.1 Å². The maximum atomic E-state index is 15.0. The van der Waals surface area contributed by atoms with Gasteiger partial charge in [0.15, 0.2) is 0 Å². The summed E-state index contributed by atoms with van der Waals surface area (Å²) in [5.74, 6) is -2.29. The summed E-state index contributed by atoms with van der Waals surface area (Å²) in [6, 6.07) is 3.67. The van der Waals surface area contributed by atoms with Crippen LogP contribution in [0.1, 0.15) is 88.9 Å². The minimum Gasteiger partial charge on any atom is -0.457 e. The van der Waals surface area contributed by atoms with Gasteiger partial charge in [-0.2, -0.15) is 10.1 Å². The van der Waals surface area contributed by atoms with Crippen LogP contribution in [0.4, 0.5) is 4.39 Å². The molecule has 196 valence electrons. The molecular weight excluding hydrogens is 455 g/mol. The quantitative estimate of drug-likeness (QED) is 0.534. The van der Waals surface area contributed by atoms with Gasteiger partial charge in [0.1, 0.15) is 18.0 Å². The van der Waals surface area contributed by atoms with Crippen LogP contribution in [0.2, 0.25) is 0 Å². The third-order valence-corrected chi connectivity index (χ3v) is 7.38. The van der Waals surface area contributed by atoms with Gasteiger partial charge in [-0.25, -0.2) is 14.0 Å². The molecule has 2 aliphatic heterocycles. The molecule has 0 aromatic heterocycles.